The molecule has 1 aromatic carbocycles. The predicted molar refractivity (Wildman–Crippen MR) is 98.4 cm³/mol. The molecule has 2 heterocycles. The van der Waals surface area contributed by atoms with Crippen LogP contribution in [0.5, 0.6) is 0 Å². The Labute approximate surface area is 161 Å². The summed E-state index contributed by atoms with van der Waals surface area (Å²) in [4.78, 5) is 38.0. The lowest BCUT2D eigenvalue weighted by molar-refractivity contribution is -0.150. The lowest BCUT2D eigenvalue weighted by Crippen LogP contribution is -2.67. The molecule has 4 atom stereocenters. The molecule has 2 aliphatic heterocycles. The minimum atomic E-state index is -1.63. The van der Waals surface area contributed by atoms with Gasteiger partial charge in [-0.1, -0.05) is 46.3 Å². The Hall–Kier alpha value is -2.00. The van der Waals surface area contributed by atoms with Gasteiger partial charge in [0.1, 0.15) is 16.4 Å². The second-order valence-electron chi connectivity index (χ2n) is 5.90. The van der Waals surface area contributed by atoms with E-state index in [1.54, 1.807) is 24.3 Å². The zero-order valence-corrected chi connectivity index (χ0v) is 16.5. The first-order chi connectivity index (χ1) is 12.4. The van der Waals surface area contributed by atoms with Crippen LogP contribution in [0.4, 0.5) is 0 Å². The molecule has 0 aliphatic carbocycles. The molecule has 9 heteroatoms. The molecule has 7 nitrogen and oxygen atoms in total. The third-order valence-electron chi connectivity index (χ3n) is 4.39. The number of hydrogen-bond donors (Lipinski definition) is 1. The van der Waals surface area contributed by atoms with Crippen molar-refractivity contribution < 1.29 is 23.3 Å². The second-order valence-corrected chi connectivity index (χ2v) is 8.07. The number of benzene rings is 1. The average Bonchev–Trinajstić information content (AvgIpc) is 2.63. The van der Waals surface area contributed by atoms with Gasteiger partial charge in [0, 0.05) is 17.8 Å². The summed E-state index contributed by atoms with van der Waals surface area (Å²) in [6, 6.07) is 8.98. The Kier molecular flexibility index (Phi) is 5.29. The van der Waals surface area contributed by atoms with Gasteiger partial charge in [-0.15, -0.1) is 0 Å². The third-order valence-corrected chi connectivity index (χ3v) is 6.82. The Morgan fingerprint density at radius 1 is 1.31 bits per heavy atom. The van der Waals surface area contributed by atoms with E-state index in [4.69, 9.17) is 4.74 Å². The van der Waals surface area contributed by atoms with Crippen LogP contribution in [0, 0.1) is 0 Å². The highest BCUT2D eigenvalue weighted by atomic mass is 79.9. The number of amides is 2. The largest absolute Gasteiger partial charge is 0.464 e. The van der Waals surface area contributed by atoms with Crippen LogP contribution in [-0.4, -0.2) is 50.1 Å². The molecule has 0 saturated carbocycles. The number of fused-ring (bicyclic) bond motifs is 1. The summed E-state index contributed by atoms with van der Waals surface area (Å²) < 4.78 is 18.0. The summed E-state index contributed by atoms with van der Waals surface area (Å²) in [5.74, 6) is -2.02. The van der Waals surface area contributed by atoms with E-state index in [2.05, 4.69) is 21.2 Å². The number of alkyl halides is 1. The lowest BCUT2D eigenvalue weighted by Gasteiger charge is -2.51. The zero-order chi connectivity index (χ0) is 19.0. The second kappa shape index (κ2) is 7.32. The number of hydrogen-bond acceptors (Lipinski definition) is 5. The minimum absolute atomic E-state index is 0.0462. The maximum Gasteiger partial charge on any atom is 0.354 e. The fourth-order valence-electron chi connectivity index (χ4n) is 3.26. The maximum atomic E-state index is 13.2. The van der Waals surface area contributed by atoms with Crippen LogP contribution < -0.4 is 5.32 Å². The van der Waals surface area contributed by atoms with E-state index >= 15 is 0 Å². The molecule has 3 unspecified atom stereocenters. The third kappa shape index (κ3) is 2.88. The molecule has 2 amide bonds. The standard InChI is InChI=1S/C17H17BrN2O5S/c1-9(21)19-14-11(8-18)13(17(23)25-2)20-15(22)12(16(20)26(14)24)10-6-4-3-5-7-10/h3-7,12,14,16H,8H2,1-2H3,(H,19,21)/t12?,14?,16-,26?/m1/s1. The molecule has 3 rings (SSSR count). The summed E-state index contributed by atoms with van der Waals surface area (Å²) in [5.41, 5.74) is 1.13. The summed E-state index contributed by atoms with van der Waals surface area (Å²) in [5, 5.41) is 1.20. The van der Waals surface area contributed by atoms with Gasteiger partial charge in [-0.2, -0.15) is 0 Å². The van der Waals surface area contributed by atoms with E-state index in [9.17, 15) is 18.6 Å². The average molecular weight is 441 g/mol. The van der Waals surface area contributed by atoms with Crippen LogP contribution in [0.15, 0.2) is 41.6 Å². The number of nitrogens with zero attached hydrogens (tertiary/aromatic N) is 1. The number of nitrogens with one attached hydrogen (secondary N) is 1. The monoisotopic (exact) mass is 440 g/mol. The van der Waals surface area contributed by atoms with Gasteiger partial charge in [0.25, 0.3) is 0 Å². The van der Waals surface area contributed by atoms with E-state index in [1.165, 1.54) is 18.9 Å². The van der Waals surface area contributed by atoms with E-state index < -0.39 is 33.4 Å². The Bertz CT molecular complexity index is 826. The molecule has 0 spiro atoms. The molecule has 26 heavy (non-hydrogen) atoms. The number of β-lactam (4-membered cyclic amide) rings is 1. The number of carbonyl (C=O) groups excluding carboxylic acids is 3. The van der Waals surface area contributed by atoms with Crippen molar-refractivity contribution in [3.05, 3.63) is 47.2 Å². The molecule has 1 saturated heterocycles. The Balaban J connectivity index is 2.11. The summed E-state index contributed by atoms with van der Waals surface area (Å²) >= 11 is 3.27. The van der Waals surface area contributed by atoms with Crippen molar-refractivity contribution in [3.63, 3.8) is 0 Å². The Morgan fingerprint density at radius 3 is 2.50 bits per heavy atom. The molecule has 2 aliphatic rings. The fourth-order valence-corrected chi connectivity index (χ4v) is 6.05. The maximum absolute atomic E-state index is 13.2. The topological polar surface area (TPSA) is 92.8 Å². The van der Waals surface area contributed by atoms with Gasteiger partial charge in [0.15, 0.2) is 0 Å². The van der Waals surface area contributed by atoms with Gasteiger partial charge in [-0.05, 0) is 5.56 Å². The molecule has 1 aromatic rings. The smallest absolute Gasteiger partial charge is 0.354 e. The van der Waals surface area contributed by atoms with Gasteiger partial charge in [0.2, 0.25) is 11.8 Å². The first-order valence-corrected chi connectivity index (χ1v) is 10.2. The normalized spacial score (nSPS) is 27.5. The number of ether oxygens (including phenoxy) is 1. The fraction of sp³-hybridized carbons (Fsp3) is 0.353. The highest BCUT2D eigenvalue weighted by molar-refractivity contribution is 9.09. The molecule has 1 fully saturated rings. The number of methoxy groups -OCH3 is 1. The van der Waals surface area contributed by atoms with Crippen molar-refractivity contribution in [2.75, 3.05) is 12.4 Å². The molecule has 0 aromatic heterocycles. The van der Waals surface area contributed by atoms with Crippen LogP contribution in [0.1, 0.15) is 18.4 Å². The first kappa shape index (κ1) is 18.8. The molecular formula is C17H17BrN2O5S. The Morgan fingerprint density at radius 2 is 1.96 bits per heavy atom. The molecular weight excluding hydrogens is 424 g/mol. The lowest BCUT2D eigenvalue weighted by atomic mass is 9.88. The minimum Gasteiger partial charge on any atom is -0.464 e. The highest BCUT2D eigenvalue weighted by Crippen LogP contribution is 2.46. The molecule has 138 valence electrons. The van der Waals surface area contributed by atoms with E-state index in [-0.39, 0.29) is 22.8 Å². The van der Waals surface area contributed by atoms with Crippen molar-refractivity contribution in [2.45, 2.75) is 23.6 Å². The quantitative estimate of drug-likeness (QED) is 0.428. The van der Waals surface area contributed by atoms with Crippen molar-refractivity contribution in [2.24, 2.45) is 0 Å². The van der Waals surface area contributed by atoms with Gasteiger partial charge in [-0.3, -0.25) is 18.7 Å². The van der Waals surface area contributed by atoms with Crippen molar-refractivity contribution in [1.82, 2.24) is 10.2 Å². The van der Waals surface area contributed by atoms with Gasteiger partial charge in [-0.25, -0.2) is 4.79 Å². The number of esters is 1. The number of carbonyl (C=O) groups is 3. The first-order valence-electron chi connectivity index (χ1n) is 7.84. The van der Waals surface area contributed by atoms with E-state index in [0.717, 1.165) is 5.56 Å². The van der Waals surface area contributed by atoms with Crippen molar-refractivity contribution >= 4 is 44.5 Å². The van der Waals surface area contributed by atoms with Crippen molar-refractivity contribution in [3.8, 4) is 0 Å². The predicted octanol–water partition coefficient (Wildman–Crippen LogP) is 0.985. The van der Waals surface area contributed by atoms with Gasteiger partial charge >= 0.3 is 5.97 Å². The molecule has 0 radical (unpaired) electrons. The molecule has 0 bridgehead atoms. The van der Waals surface area contributed by atoms with E-state index in [1.807, 2.05) is 6.07 Å². The van der Waals surface area contributed by atoms with Crippen LogP contribution in [0.25, 0.3) is 0 Å². The summed E-state index contributed by atoms with van der Waals surface area (Å²) in [6.07, 6.45) is 0. The van der Waals surface area contributed by atoms with Crippen LogP contribution in [-0.2, 0) is 29.9 Å². The number of rotatable bonds is 4. The highest BCUT2D eigenvalue weighted by Gasteiger charge is 2.59. The zero-order valence-electron chi connectivity index (χ0n) is 14.1. The van der Waals surface area contributed by atoms with Crippen LogP contribution >= 0.6 is 15.9 Å². The SMILES string of the molecule is COC(=O)C1=C(CBr)C(NC(C)=O)S(=O)[C@@H]2C(c3ccccc3)C(=O)N12. The van der Waals surface area contributed by atoms with Crippen molar-refractivity contribution in [1.29, 1.82) is 0 Å². The van der Waals surface area contributed by atoms with Gasteiger partial charge in [0.05, 0.1) is 23.8 Å². The van der Waals surface area contributed by atoms with Crippen LogP contribution in [0.3, 0.4) is 0 Å². The number of halogens is 1. The summed E-state index contributed by atoms with van der Waals surface area (Å²) in [7, 11) is -0.413. The molecule has 1 N–H and O–H groups in total. The van der Waals surface area contributed by atoms with E-state index in [0.29, 0.717) is 5.57 Å². The van der Waals surface area contributed by atoms with Gasteiger partial charge < -0.3 is 10.1 Å². The summed E-state index contributed by atoms with van der Waals surface area (Å²) in [6.45, 7) is 1.31. The van der Waals surface area contributed by atoms with Crippen LogP contribution in [0.2, 0.25) is 0 Å².